The van der Waals surface area contributed by atoms with Crippen LogP contribution in [0.15, 0.2) is 23.0 Å². The molecule has 2 aliphatic rings. The van der Waals surface area contributed by atoms with Gasteiger partial charge in [0.1, 0.15) is 0 Å². The second-order valence-corrected chi connectivity index (χ2v) is 8.95. The van der Waals surface area contributed by atoms with E-state index in [2.05, 4.69) is 47.0 Å². The van der Waals surface area contributed by atoms with Crippen molar-refractivity contribution in [3.05, 3.63) is 45.5 Å². The summed E-state index contributed by atoms with van der Waals surface area (Å²) < 4.78 is 1.66. The molecule has 0 spiro atoms. The molecule has 1 saturated heterocycles. The second kappa shape index (κ2) is 7.06. The van der Waals surface area contributed by atoms with Crippen LogP contribution in [0.1, 0.15) is 57.0 Å². The number of aromatic nitrogens is 4. The quantitative estimate of drug-likeness (QED) is 0.835. The molecule has 0 aromatic carbocycles. The molecule has 4 rings (SSSR count). The van der Waals surface area contributed by atoms with Gasteiger partial charge in [-0.05, 0) is 55.7 Å². The summed E-state index contributed by atoms with van der Waals surface area (Å²) in [5.74, 6) is 1.49. The fourth-order valence-corrected chi connectivity index (χ4v) is 4.04. The summed E-state index contributed by atoms with van der Waals surface area (Å²) in [4.78, 5) is 14.6. The first-order chi connectivity index (χ1) is 12.9. The number of hydrogen-bond donors (Lipinski definition) is 0. The van der Waals surface area contributed by atoms with Crippen molar-refractivity contribution in [1.29, 1.82) is 0 Å². The van der Waals surface area contributed by atoms with E-state index in [4.69, 9.17) is 0 Å². The van der Waals surface area contributed by atoms with Crippen LogP contribution < -0.4 is 10.5 Å². The number of rotatable bonds is 3. The minimum Gasteiger partial charge on any atom is -0.355 e. The highest BCUT2D eigenvalue weighted by atomic mass is 16.1. The van der Waals surface area contributed by atoms with Crippen LogP contribution in [0.4, 0.5) is 5.82 Å². The highest BCUT2D eigenvalue weighted by molar-refractivity contribution is 5.43. The summed E-state index contributed by atoms with van der Waals surface area (Å²) in [6, 6.07) is 5.74. The average Bonchev–Trinajstić information content (AvgIpc) is 3.11. The average molecular weight is 367 g/mol. The van der Waals surface area contributed by atoms with Crippen LogP contribution in [0.3, 0.4) is 0 Å². The van der Waals surface area contributed by atoms with E-state index in [9.17, 15) is 4.79 Å². The Morgan fingerprint density at radius 1 is 1.11 bits per heavy atom. The van der Waals surface area contributed by atoms with Gasteiger partial charge in [-0.1, -0.05) is 20.8 Å². The third-order valence-corrected chi connectivity index (χ3v) is 5.81. The van der Waals surface area contributed by atoms with Crippen LogP contribution in [-0.2, 0) is 24.8 Å². The minimum atomic E-state index is -0.0505. The molecule has 0 bridgehead atoms. The lowest BCUT2D eigenvalue weighted by molar-refractivity contribution is 0.329. The van der Waals surface area contributed by atoms with Crippen molar-refractivity contribution in [3.63, 3.8) is 0 Å². The van der Waals surface area contributed by atoms with Gasteiger partial charge in [-0.15, -0.1) is 5.10 Å². The molecule has 2 aromatic heterocycles. The fraction of sp³-hybridized carbons (Fsp3) is 0.619. The van der Waals surface area contributed by atoms with Gasteiger partial charge in [0, 0.05) is 31.1 Å². The summed E-state index contributed by atoms with van der Waals surface area (Å²) in [7, 11) is 0. The normalized spacial score (nSPS) is 18.0. The lowest BCUT2D eigenvalue weighted by Crippen LogP contribution is -2.37. The predicted molar refractivity (Wildman–Crippen MR) is 106 cm³/mol. The molecule has 1 fully saturated rings. The molecule has 0 N–H and O–H groups in total. The van der Waals surface area contributed by atoms with E-state index < -0.39 is 0 Å². The van der Waals surface area contributed by atoms with Gasteiger partial charge in [-0.2, -0.15) is 10.2 Å². The zero-order valence-corrected chi connectivity index (χ0v) is 16.6. The van der Waals surface area contributed by atoms with Gasteiger partial charge in [-0.3, -0.25) is 4.79 Å². The van der Waals surface area contributed by atoms with Crippen LogP contribution in [0, 0.1) is 5.92 Å². The predicted octanol–water partition coefficient (Wildman–Crippen LogP) is 2.74. The number of aryl methyl sites for hydroxylation is 2. The molecule has 0 radical (unpaired) electrons. The molecule has 0 saturated carbocycles. The van der Waals surface area contributed by atoms with E-state index in [0.717, 1.165) is 50.3 Å². The maximum Gasteiger partial charge on any atom is 0.266 e. The van der Waals surface area contributed by atoms with Crippen molar-refractivity contribution in [1.82, 2.24) is 20.0 Å². The molecule has 27 heavy (non-hydrogen) atoms. The van der Waals surface area contributed by atoms with Crippen molar-refractivity contribution in [2.75, 3.05) is 18.0 Å². The lowest BCUT2D eigenvalue weighted by Gasteiger charge is -2.32. The Bertz CT molecular complexity index is 875. The topological polar surface area (TPSA) is 63.9 Å². The smallest absolute Gasteiger partial charge is 0.266 e. The highest BCUT2D eigenvalue weighted by Gasteiger charge is 2.24. The van der Waals surface area contributed by atoms with E-state index in [1.807, 2.05) is 6.07 Å². The monoisotopic (exact) mass is 367 g/mol. The van der Waals surface area contributed by atoms with Gasteiger partial charge in [0.15, 0.2) is 5.82 Å². The summed E-state index contributed by atoms with van der Waals surface area (Å²) in [5.41, 5.74) is 3.46. The molecule has 0 atom stereocenters. The van der Waals surface area contributed by atoms with Crippen molar-refractivity contribution >= 4 is 5.82 Å². The Labute approximate surface area is 160 Å². The lowest BCUT2D eigenvalue weighted by atomic mass is 9.92. The summed E-state index contributed by atoms with van der Waals surface area (Å²) in [5, 5.41) is 13.5. The van der Waals surface area contributed by atoms with Gasteiger partial charge in [0.2, 0.25) is 0 Å². The molecule has 0 amide bonds. The van der Waals surface area contributed by atoms with Gasteiger partial charge < -0.3 is 4.90 Å². The molecular weight excluding hydrogens is 338 g/mol. The minimum absolute atomic E-state index is 0.00471. The molecule has 6 nitrogen and oxygen atoms in total. The van der Waals surface area contributed by atoms with E-state index in [0.29, 0.717) is 12.5 Å². The fourth-order valence-electron chi connectivity index (χ4n) is 4.04. The Morgan fingerprint density at radius 3 is 2.63 bits per heavy atom. The van der Waals surface area contributed by atoms with Crippen LogP contribution in [-0.4, -0.2) is 33.1 Å². The Morgan fingerprint density at radius 2 is 1.89 bits per heavy atom. The number of hydrogen-bond acceptors (Lipinski definition) is 5. The standard InChI is InChI=1S/C21H29N5O/c1-21(2,3)18-7-8-20(27)26(24-18)14-15-9-11-25(12-10-15)19-13-16-5-4-6-17(16)22-23-19/h7-8,13,15H,4-6,9-12,14H2,1-3H3. The Balaban J connectivity index is 1.41. The molecule has 1 aliphatic heterocycles. The van der Waals surface area contributed by atoms with Crippen molar-refractivity contribution in [3.8, 4) is 0 Å². The zero-order valence-electron chi connectivity index (χ0n) is 16.6. The highest BCUT2D eigenvalue weighted by Crippen LogP contribution is 2.26. The first-order valence-electron chi connectivity index (χ1n) is 10.1. The molecule has 3 heterocycles. The SMILES string of the molecule is CC(C)(C)c1ccc(=O)n(CC2CCN(c3cc4c(nn3)CCC4)CC2)n1. The maximum atomic E-state index is 12.2. The first-order valence-corrected chi connectivity index (χ1v) is 10.1. The number of fused-ring (bicyclic) bond motifs is 1. The van der Waals surface area contributed by atoms with Crippen molar-refractivity contribution in [2.45, 2.75) is 64.8 Å². The van der Waals surface area contributed by atoms with E-state index in [1.54, 1.807) is 10.7 Å². The number of nitrogens with zero attached hydrogens (tertiary/aromatic N) is 5. The van der Waals surface area contributed by atoms with Gasteiger partial charge in [0.25, 0.3) is 5.56 Å². The molecular formula is C21H29N5O. The summed E-state index contributed by atoms with van der Waals surface area (Å²) in [6.07, 6.45) is 5.50. The number of anilines is 1. The van der Waals surface area contributed by atoms with Crippen LogP contribution in [0.5, 0.6) is 0 Å². The molecule has 0 unspecified atom stereocenters. The van der Waals surface area contributed by atoms with E-state index >= 15 is 0 Å². The molecule has 2 aromatic rings. The molecule has 6 heteroatoms. The third-order valence-electron chi connectivity index (χ3n) is 5.81. The van der Waals surface area contributed by atoms with Crippen LogP contribution in [0.2, 0.25) is 0 Å². The largest absolute Gasteiger partial charge is 0.355 e. The summed E-state index contributed by atoms with van der Waals surface area (Å²) >= 11 is 0. The Hall–Kier alpha value is -2.24. The van der Waals surface area contributed by atoms with E-state index in [1.165, 1.54) is 17.7 Å². The molecule has 1 aliphatic carbocycles. The third kappa shape index (κ3) is 3.89. The maximum absolute atomic E-state index is 12.2. The molecule has 144 valence electrons. The second-order valence-electron chi connectivity index (χ2n) is 8.95. The number of piperidine rings is 1. The van der Waals surface area contributed by atoms with Gasteiger partial charge >= 0.3 is 0 Å². The van der Waals surface area contributed by atoms with Crippen LogP contribution >= 0.6 is 0 Å². The van der Waals surface area contributed by atoms with Gasteiger partial charge in [-0.25, -0.2) is 4.68 Å². The van der Waals surface area contributed by atoms with Gasteiger partial charge in [0.05, 0.1) is 11.4 Å². The first kappa shape index (κ1) is 18.1. The zero-order chi connectivity index (χ0) is 19.0. The van der Waals surface area contributed by atoms with Crippen LogP contribution in [0.25, 0.3) is 0 Å². The van der Waals surface area contributed by atoms with Crippen molar-refractivity contribution in [2.24, 2.45) is 5.92 Å². The van der Waals surface area contributed by atoms with E-state index in [-0.39, 0.29) is 11.0 Å². The van der Waals surface area contributed by atoms with Crippen molar-refractivity contribution < 1.29 is 0 Å². The Kier molecular flexibility index (Phi) is 4.74. The summed E-state index contributed by atoms with van der Waals surface area (Å²) in [6.45, 7) is 9.00.